The van der Waals surface area contributed by atoms with Crippen molar-refractivity contribution in [2.75, 3.05) is 6.61 Å². The quantitative estimate of drug-likeness (QED) is 0.143. The van der Waals surface area contributed by atoms with E-state index in [0.717, 1.165) is 10.9 Å². The topological polar surface area (TPSA) is 91.4 Å². The van der Waals surface area contributed by atoms with E-state index in [2.05, 4.69) is 27.2 Å². The van der Waals surface area contributed by atoms with Crippen LogP contribution in [0.15, 0.2) is 60.3 Å². The highest BCUT2D eigenvalue weighted by Gasteiger charge is 2.60. The van der Waals surface area contributed by atoms with E-state index in [9.17, 15) is 18.0 Å². The summed E-state index contributed by atoms with van der Waals surface area (Å²) in [5.41, 5.74) is 9.70. The van der Waals surface area contributed by atoms with Crippen molar-refractivity contribution in [3.05, 3.63) is 71.4 Å². The van der Waals surface area contributed by atoms with E-state index in [-0.39, 0.29) is 41.5 Å². The van der Waals surface area contributed by atoms with Crippen LogP contribution in [0.4, 0.5) is 26.3 Å². The van der Waals surface area contributed by atoms with E-state index >= 15 is 13.2 Å². The van der Waals surface area contributed by atoms with Crippen molar-refractivity contribution in [3.63, 3.8) is 0 Å². The minimum absolute atomic E-state index is 0.00531. The molecule has 3 heterocycles. The van der Waals surface area contributed by atoms with Crippen LogP contribution < -0.4 is 32.0 Å². The van der Waals surface area contributed by atoms with E-state index in [1.807, 2.05) is 36.6 Å². The highest BCUT2D eigenvalue weighted by atomic mass is 19.4. The number of carbonyl (C=O) groups excluding carboxylic acids is 1. The fraction of sp³-hybridized carbons (Fsp3) is 0.433. The molecule has 2 aromatic carbocycles. The maximum absolute atomic E-state index is 15.2. The maximum atomic E-state index is 15.2. The number of hydrazine groups is 3. The molecule has 238 valence electrons. The van der Waals surface area contributed by atoms with Crippen molar-refractivity contribution in [1.82, 2.24) is 31.8 Å². The number of rotatable bonds is 10. The van der Waals surface area contributed by atoms with Crippen LogP contribution in [-0.2, 0) is 10.3 Å². The highest BCUT2D eigenvalue weighted by Crippen LogP contribution is 2.50. The van der Waals surface area contributed by atoms with Gasteiger partial charge in [-0.25, -0.2) is 10.9 Å². The number of benzene rings is 2. The van der Waals surface area contributed by atoms with Crippen molar-refractivity contribution in [1.29, 1.82) is 0 Å². The molecule has 1 saturated heterocycles. The summed E-state index contributed by atoms with van der Waals surface area (Å²) >= 11 is 0. The molecular weight excluding hydrogens is 590 g/mol. The first-order valence-electron chi connectivity index (χ1n) is 14.3. The van der Waals surface area contributed by atoms with Gasteiger partial charge in [-0.2, -0.15) is 37.4 Å². The second kappa shape index (κ2) is 12.4. The van der Waals surface area contributed by atoms with Gasteiger partial charge in [0.2, 0.25) is 0 Å². The number of para-hydroxylation sites is 1. The summed E-state index contributed by atoms with van der Waals surface area (Å²) in [6, 6.07) is 12.7. The zero-order valence-electron chi connectivity index (χ0n) is 24.1. The summed E-state index contributed by atoms with van der Waals surface area (Å²) in [5.74, 6) is -0.614. The molecule has 0 radical (unpaired) electrons. The van der Waals surface area contributed by atoms with Crippen molar-refractivity contribution in [2.45, 2.75) is 76.1 Å². The van der Waals surface area contributed by atoms with Gasteiger partial charge in [-0.3, -0.25) is 4.79 Å². The fourth-order valence-electron chi connectivity index (χ4n) is 5.76. The van der Waals surface area contributed by atoms with Crippen LogP contribution in [0.5, 0.6) is 5.75 Å². The molecule has 5 N–H and O–H groups in total. The maximum Gasteiger partial charge on any atom is 0.416 e. The molecule has 44 heavy (non-hydrogen) atoms. The Hall–Kier alpha value is -3.59. The van der Waals surface area contributed by atoms with Gasteiger partial charge < -0.3 is 14.6 Å². The fourth-order valence-corrected chi connectivity index (χ4v) is 5.76. The molecular formula is C30H34F6N6O2. The van der Waals surface area contributed by atoms with Gasteiger partial charge in [0.1, 0.15) is 11.9 Å². The van der Waals surface area contributed by atoms with E-state index in [0.29, 0.717) is 18.4 Å². The number of nitrogens with zero attached hydrogens (tertiary/aromatic N) is 1. The van der Waals surface area contributed by atoms with Crippen molar-refractivity contribution < 1.29 is 35.9 Å². The van der Waals surface area contributed by atoms with Gasteiger partial charge in [-0.15, -0.1) is 0 Å². The Balaban J connectivity index is 1.49. The third-order valence-electron chi connectivity index (χ3n) is 7.95. The summed E-state index contributed by atoms with van der Waals surface area (Å²) in [7, 11) is 0. The Labute approximate surface area is 250 Å². The Bertz CT molecular complexity index is 1510. The lowest BCUT2D eigenvalue weighted by atomic mass is 9.76. The number of unbranched alkanes of at least 4 members (excludes halogenated alkanes) is 2. The van der Waals surface area contributed by atoms with Gasteiger partial charge in [0.05, 0.1) is 12.2 Å². The van der Waals surface area contributed by atoms with Gasteiger partial charge in [0, 0.05) is 41.5 Å². The average molecular weight is 625 g/mol. The van der Waals surface area contributed by atoms with Gasteiger partial charge >= 0.3 is 12.4 Å². The first-order chi connectivity index (χ1) is 20.8. The summed E-state index contributed by atoms with van der Waals surface area (Å²) in [4.78, 5) is 13.7. The molecule has 1 aromatic heterocycles. The smallest absolute Gasteiger partial charge is 0.416 e. The molecule has 0 aliphatic carbocycles. The normalized spacial score (nSPS) is 20.2. The van der Waals surface area contributed by atoms with Crippen LogP contribution in [0.25, 0.3) is 16.5 Å². The molecule has 8 nitrogen and oxygen atoms in total. The van der Waals surface area contributed by atoms with Crippen LogP contribution >= 0.6 is 0 Å². The number of ether oxygens (including phenoxy) is 1. The minimum atomic E-state index is -4.89. The van der Waals surface area contributed by atoms with Crippen molar-refractivity contribution in [2.24, 2.45) is 0 Å². The number of alkyl halides is 6. The predicted molar refractivity (Wildman–Crippen MR) is 153 cm³/mol. The summed E-state index contributed by atoms with van der Waals surface area (Å²) in [6.07, 6.45) is -8.93. The minimum Gasteiger partial charge on any atom is -0.494 e. The number of carbonyl (C=O) groups is 1. The Kier molecular flexibility index (Phi) is 8.99. The van der Waals surface area contributed by atoms with E-state index in [4.69, 9.17) is 4.74 Å². The van der Waals surface area contributed by atoms with Crippen LogP contribution in [0.2, 0.25) is 0 Å². The van der Waals surface area contributed by atoms with E-state index in [1.54, 1.807) is 12.3 Å². The van der Waals surface area contributed by atoms with Crippen LogP contribution in [-0.4, -0.2) is 35.6 Å². The zero-order chi connectivity index (χ0) is 31.7. The number of nitrogens with one attached hydrogen (secondary N) is 5. The highest BCUT2D eigenvalue weighted by molar-refractivity contribution is 6.08. The zero-order valence-corrected chi connectivity index (χ0v) is 24.1. The molecule has 1 amide bonds. The first-order valence-corrected chi connectivity index (χ1v) is 14.3. The lowest BCUT2D eigenvalue weighted by molar-refractivity contribution is -0.202. The molecule has 0 unspecified atom stereocenters. The van der Waals surface area contributed by atoms with Crippen molar-refractivity contribution in [3.8, 4) is 5.75 Å². The summed E-state index contributed by atoms with van der Waals surface area (Å²) in [5, 5.41) is 3.01. The third kappa shape index (κ3) is 6.43. The Morgan fingerprint density at radius 3 is 2.27 bits per heavy atom. The van der Waals surface area contributed by atoms with Crippen LogP contribution in [0.1, 0.15) is 63.1 Å². The number of fused-ring (bicyclic) bond motifs is 1. The molecule has 2 aliphatic rings. The number of halogens is 6. The first kappa shape index (κ1) is 31.8. The van der Waals surface area contributed by atoms with E-state index < -0.39 is 42.8 Å². The van der Waals surface area contributed by atoms with Crippen LogP contribution in [0.3, 0.4) is 0 Å². The molecule has 5 rings (SSSR count). The lowest BCUT2D eigenvalue weighted by Crippen LogP contribution is -2.60. The molecule has 14 heteroatoms. The lowest BCUT2D eigenvalue weighted by Gasteiger charge is -2.42. The Morgan fingerprint density at radius 2 is 1.64 bits per heavy atom. The summed E-state index contributed by atoms with van der Waals surface area (Å²) < 4.78 is 90.1. The standard InChI is InChI=1S/C30H34F6N6O2/c1-18(2)42-17-23(21-8-4-5-9-24(21)42)22-16-28(30(34,35)36,37-27(43)25(22)26-38-40-41-39-26)19-10-12-20(13-11-19)44-15-7-3-6-14-29(31,32)33/h4-5,8-13,17-18,26,38-41H,3,6-7,14-16H2,1-2H3,(H,37,43)/t28-/m0/s1. The average Bonchev–Trinajstić information content (AvgIpc) is 3.62. The third-order valence-corrected chi connectivity index (χ3v) is 7.95. The van der Waals surface area contributed by atoms with Gasteiger partial charge in [0.25, 0.3) is 5.91 Å². The molecule has 3 aromatic rings. The predicted octanol–water partition coefficient (Wildman–Crippen LogP) is 5.90. The SMILES string of the molecule is CC(C)n1cc(C2=C(C3NNNN3)C(=O)N[C@@](c3ccc(OCCCCCC(F)(F)F)cc3)(C(F)(F)F)C2)c2ccccc21. The summed E-state index contributed by atoms with van der Waals surface area (Å²) in [6.45, 7) is 4.07. The molecule has 0 saturated carbocycles. The number of hydrogen-bond acceptors (Lipinski definition) is 6. The monoisotopic (exact) mass is 624 g/mol. The number of hydrogen-bond donors (Lipinski definition) is 5. The van der Waals surface area contributed by atoms with Gasteiger partial charge in [-0.05, 0) is 62.4 Å². The molecule has 0 spiro atoms. The molecule has 1 fully saturated rings. The molecule has 1 atom stereocenters. The van der Waals surface area contributed by atoms with Crippen LogP contribution in [0, 0.1) is 0 Å². The second-order valence-corrected chi connectivity index (χ2v) is 11.3. The second-order valence-electron chi connectivity index (χ2n) is 11.3. The van der Waals surface area contributed by atoms with Gasteiger partial charge in [0.15, 0.2) is 5.54 Å². The van der Waals surface area contributed by atoms with Crippen molar-refractivity contribution >= 4 is 22.4 Å². The number of amides is 1. The Morgan fingerprint density at radius 1 is 0.955 bits per heavy atom. The van der Waals surface area contributed by atoms with E-state index in [1.165, 1.54) is 24.3 Å². The van der Waals surface area contributed by atoms with Gasteiger partial charge in [-0.1, -0.05) is 30.3 Å². The largest absolute Gasteiger partial charge is 0.494 e. The molecule has 2 aliphatic heterocycles. The molecule has 0 bridgehead atoms. The number of aromatic nitrogens is 1.